The molecule has 0 radical (unpaired) electrons. The summed E-state index contributed by atoms with van der Waals surface area (Å²) in [6.45, 7) is 5.99. The van der Waals surface area contributed by atoms with Crippen molar-refractivity contribution in [2.45, 2.75) is 26.7 Å². The second-order valence-corrected chi connectivity index (χ2v) is 3.91. The van der Waals surface area contributed by atoms with Gasteiger partial charge in [0.1, 0.15) is 0 Å². The summed E-state index contributed by atoms with van der Waals surface area (Å²) in [6.07, 6.45) is 1.25. The number of carbonyl (C=O) groups is 1. The van der Waals surface area contributed by atoms with E-state index in [1.165, 1.54) is 0 Å². The van der Waals surface area contributed by atoms with Crippen molar-refractivity contribution in [3.63, 3.8) is 0 Å². The van der Waals surface area contributed by atoms with Gasteiger partial charge in [0.05, 0.1) is 25.2 Å². The number of hydrogen-bond donors (Lipinski definition) is 1. The lowest BCUT2D eigenvalue weighted by molar-refractivity contribution is -0.156. The van der Waals surface area contributed by atoms with Crippen molar-refractivity contribution in [1.82, 2.24) is 0 Å². The first kappa shape index (κ1) is 16.4. The van der Waals surface area contributed by atoms with Gasteiger partial charge in [-0.05, 0) is 19.8 Å². The van der Waals surface area contributed by atoms with Gasteiger partial charge in [-0.2, -0.15) is 0 Å². The molecular formula is C12H25NO4. The summed E-state index contributed by atoms with van der Waals surface area (Å²) in [5.41, 5.74) is 5.10. The molecule has 0 saturated heterocycles. The smallest absolute Gasteiger partial charge is 0.313 e. The second kappa shape index (κ2) is 9.39. The molecule has 0 aliphatic heterocycles. The lowest BCUT2D eigenvalue weighted by Gasteiger charge is -2.28. The fourth-order valence-corrected chi connectivity index (χ4v) is 1.55. The standard InChI is InChI=1S/C12H25NO4/c1-4-12(10-13,11(14)17-5-2)6-7-16-9-8-15-3/h4-10,13H2,1-3H3. The molecule has 0 heterocycles. The van der Waals surface area contributed by atoms with Crippen molar-refractivity contribution in [3.8, 4) is 0 Å². The van der Waals surface area contributed by atoms with Gasteiger partial charge in [-0.25, -0.2) is 0 Å². The number of ether oxygens (including phenoxy) is 3. The van der Waals surface area contributed by atoms with Crippen LogP contribution in [0.5, 0.6) is 0 Å². The Labute approximate surface area is 104 Å². The molecule has 0 aliphatic rings. The van der Waals surface area contributed by atoms with E-state index in [0.29, 0.717) is 39.3 Å². The molecule has 1 unspecified atom stereocenters. The molecule has 0 amide bonds. The van der Waals surface area contributed by atoms with Crippen molar-refractivity contribution in [2.24, 2.45) is 11.1 Å². The van der Waals surface area contributed by atoms with Crippen LogP contribution in [0.4, 0.5) is 0 Å². The Balaban J connectivity index is 4.16. The molecule has 2 N–H and O–H groups in total. The Morgan fingerprint density at radius 1 is 1.24 bits per heavy atom. The minimum absolute atomic E-state index is 0.222. The van der Waals surface area contributed by atoms with Gasteiger partial charge < -0.3 is 19.9 Å². The van der Waals surface area contributed by atoms with Crippen LogP contribution in [0.2, 0.25) is 0 Å². The Morgan fingerprint density at radius 3 is 2.41 bits per heavy atom. The van der Waals surface area contributed by atoms with Crippen LogP contribution in [0.3, 0.4) is 0 Å². The van der Waals surface area contributed by atoms with E-state index < -0.39 is 5.41 Å². The highest BCUT2D eigenvalue weighted by atomic mass is 16.5. The van der Waals surface area contributed by atoms with Gasteiger partial charge in [-0.1, -0.05) is 6.92 Å². The van der Waals surface area contributed by atoms with E-state index in [-0.39, 0.29) is 12.5 Å². The second-order valence-electron chi connectivity index (χ2n) is 3.91. The van der Waals surface area contributed by atoms with Gasteiger partial charge in [0, 0.05) is 20.3 Å². The highest BCUT2D eigenvalue weighted by molar-refractivity contribution is 5.77. The number of rotatable bonds is 10. The van der Waals surface area contributed by atoms with Crippen LogP contribution in [0.25, 0.3) is 0 Å². The number of nitrogens with two attached hydrogens (primary N) is 1. The third kappa shape index (κ3) is 5.48. The van der Waals surface area contributed by atoms with Gasteiger partial charge in [0.15, 0.2) is 0 Å². The minimum Gasteiger partial charge on any atom is -0.466 e. The summed E-state index contributed by atoms with van der Waals surface area (Å²) in [5.74, 6) is -0.222. The molecule has 0 aromatic carbocycles. The van der Waals surface area contributed by atoms with Crippen molar-refractivity contribution >= 4 is 5.97 Å². The lowest BCUT2D eigenvalue weighted by Crippen LogP contribution is -2.40. The predicted molar refractivity (Wildman–Crippen MR) is 65.7 cm³/mol. The topological polar surface area (TPSA) is 70.8 Å². The van der Waals surface area contributed by atoms with E-state index in [2.05, 4.69) is 0 Å². The maximum absolute atomic E-state index is 11.9. The Hall–Kier alpha value is -0.650. The molecule has 0 fully saturated rings. The predicted octanol–water partition coefficient (Wildman–Crippen LogP) is 0.958. The van der Waals surface area contributed by atoms with Crippen LogP contribution in [-0.4, -0.2) is 46.1 Å². The highest BCUT2D eigenvalue weighted by Crippen LogP contribution is 2.27. The number of carbonyl (C=O) groups excluding carboxylic acids is 1. The molecule has 0 bridgehead atoms. The van der Waals surface area contributed by atoms with E-state index in [0.717, 1.165) is 0 Å². The molecule has 17 heavy (non-hydrogen) atoms. The van der Waals surface area contributed by atoms with Gasteiger partial charge in [0.25, 0.3) is 0 Å². The summed E-state index contributed by atoms with van der Waals surface area (Å²) in [7, 11) is 1.62. The monoisotopic (exact) mass is 247 g/mol. The first-order valence-corrected chi connectivity index (χ1v) is 6.10. The van der Waals surface area contributed by atoms with Crippen molar-refractivity contribution in [3.05, 3.63) is 0 Å². The number of hydrogen-bond acceptors (Lipinski definition) is 5. The summed E-state index contributed by atoms with van der Waals surface area (Å²) in [4.78, 5) is 11.9. The summed E-state index contributed by atoms with van der Waals surface area (Å²) in [5, 5.41) is 0. The van der Waals surface area contributed by atoms with E-state index in [9.17, 15) is 4.79 Å². The van der Waals surface area contributed by atoms with Crippen LogP contribution in [0.1, 0.15) is 26.7 Å². The first-order chi connectivity index (χ1) is 8.16. The zero-order chi connectivity index (χ0) is 13.1. The third-order valence-electron chi connectivity index (χ3n) is 2.93. The van der Waals surface area contributed by atoms with Gasteiger partial charge in [-0.15, -0.1) is 0 Å². The molecular weight excluding hydrogens is 222 g/mol. The normalized spacial score (nSPS) is 14.4. The number of esters is 1. The molecule has 0 aromatic rings. The fraction of sp³-hybridized carbons (Fsp3) is 0.917. The number of methoxy groups -OCH3 is 1. The zero-order valence-corrected chi connectivity index (χ0v) is 11.2. The van der Waals surface area contributed by atoms with E-state index >= 15 is 0 Å². The molecule has 5 nitrogen and oxygen atoms in total. The van der Waals surface area contributed by atoms with Crippen LogP contribution >= 0.6 is 0 Å². The molecule has 0 spiro atoms. The van der Waals surface area contributed by atoms with E-state index in [1.54, 1.807) is 14.0 Å². The van der Waals surface area contributed by atoms with Crippen molar-refractivity contribution in [1.29, 1.82) is 0 Å². The fourth-order valence-electron chi connectivity index (χ4n) is 1.55. The first-order valence-electron chi connectivity index (χ1n) is 6.10. The Morgan fingerprint density at radius 2 is 1.94 bits per heavy atom. The summed E-state index contributed by atoms with van der Waals surface area (Å²) < 4.78 is 15.3. The maximum atomic E-state index is 11.9. The van der Waals surface area contributed by atoms with Crippen molar-refractivity contribution < 1.29 is 19.0 Å². The average Bonchev–Trinajstić information content (AvgIpc) is 2.34. The zero-order valence-electron chi connectivity index (χ0n) is 11.2. The quantitative estimate of drug-likeness (QED) is 0.460. The summed E-state index contributed by atoms with van der Waals surface area (Å²) >= 11 is 0. The van der Waals surface area contributed by atoms with Crippen LogP contribution in [0, 0.1) is 5.41 Å². The van der Waals surface area contributed by atoms with Crippen LogP contribution < -0.4 is 5.73 Å². The molecule has 0 saturated carbocycles. The summed E-state index contributed by atoms with van der Waals surface area (Å²) in [6, 6.07) is 0. The van der Waals surface area contributed by atoms with Crippen molar-refractivity contribution in [2.75, 3.05) is 40.1 Å². The molecule has 5 heteroatoms. The molecule has 0 aliphatic carbocycles. The minimum atomic E-state index is -0.608. The van der Waals surface area contributed by atoms with Gasteiger partial charge in [-0.3, -0.25) is 4.79 Å². The average molecular weight is 247 g/mol. The largest absolute Gasteiger partial charge is 0.466 e. The SMILES string of the molecule is CCOC(=O)C(CC)(CN)CCOCCOC. The maximum Gasteiger partial charge on any atom is 0.313 e. The molecule has 102 valence electrons. The lowest BCUT2D eigenvalue weighted by atomic mass is 9.82. The Bertz CT molecular complexity index is 205. The highest BCUT2D eigenvalue weighted by Gasteiger charge is 2.36. The van der Waals surface area contributed by atoms with Crippen LogP contribution in [0.15, 0.2) is 0 Å². The van der Waals surface area contributed by atoms with Gasteiger partial charge >= 0.3 is 5.97 Å². The molecule has 0 aromatic heterocycles. The van der Waals surface area contributed by atoms with E-state index in [4.69, 9.17) is 19.9 Å². The third-order valence-corrected chi connectivity index (χ3v) is 2.93. The molecule has 0 rings (SSSR count). The molecule has 1 atom stereocenters. The van der Waals surface area contributed by atoms with Crippen LogP contribution in [-0.2, 0) is 19.0 Å². The van der Waals surface area contributed by atoms with E-state index in [1.807, 2.05) is 6.92 Å². The Kier molecular flexibility index (Phi) is 9.03. The van der Waals surface area contributed by atoms with Gasteiger partial charge in [0.2, 0.25) is 0 Å².